The van der Waals surface area contributed by atoms with E-state index in [0.29, 0.717) is 5.13 Å². The standard InChI is InChI=1S/C18H14F3N3OS/c1-25-16-13(8-5-9-14(16)18(19,20)21)10-22-24-17-23-15(11-26-17)12-6-3-2-4-7-12/h2-11H,1H3,(H,23,24). The highest BCUT2D eigenvalue weighted by molar-refractivity contribution is 7.14. The van der Waals surface area contributed by atoms with Gasteiger partial charge in [-0.25, -0.2) is 4.98 Å². The summed E-state index contributed by atoms with van der Waals surface area (Å²) in [6.45, 7) is 0. The largest absolute Gasteiger partial charge is 0.495 e. The zero-order valence-corrected chi connectivity index (χ0v) is 14.4. The lowest BCUT2D eigenvalue weighted by molar-refractivity contribution is -0.138. The van der Waals surface area contributed by atoms with Crippen LogP contribution >= 0.6 is 11.3 Å². The van der Waals surface area contributed by atoms with Crippen molar-refractivity contribution in [2.45, 2.75) is 6.18 Å². The van der Waals surface area contributed by atoms with E-state index < -0.39 is 11.7 Å². The molecule has 1 aromatic heterocycles. The molecule has 0 aliphatic rings. The van der Waals surface area contributed by atoms with Gasteiger partial charge in [-0.15, -0.1) is 11.3 Å². The molecule has 8 heteroatoms. The van der Waals surface area contributed by atoms with Crippen LogP contribution in [0, 0.1) is 0 Å². The van der Waals surface area contributed by atoms with Crippen LogP contribution in [0.2, 0.25) is 0 Å². The quantitative estimate of drug-likeness (QED) is 0.486. The molecule has 0 unspecified atom stereocenters. The number of hydrazone groups is 1. The fourth-order valence-corrected chi connectivity index (χ4v) is 3.00. The number of halogens is 3. The number of nitrogens with zero attached hydrogens (tertiary/aromatic N) is 2. The first-order chi connectivity index (χ1) is 12.5. The molecule has 0 atom stereocenters. The molecular formula is C18H14F3N3OS. The maximum Gasteiger partial charge on any atom is 0.419 e. The summed E-state index contributed by atoms with van der Waals surface area (Å²) >= 11 is 1.35. The van der Waals surface area contributed by atoms with Crippen LogP contribution in [0.4, 0.5) is 18.3 Å². The van der Waals surface area contributed by atoms with Crippen molar-refractivity contribution in [2.24, 2.45) is 5.10 Å². The Kier molecular flexibility index (Phi) is 5.22. The lowest BCUT2D eigenvalue weighted by Crippen LogP contribution is -2.09. The van der Waals surface area contributed by atoms with Crippen LogP contribution in [0.5, 0.6) is 5.75 Å². The van der Waals surface area contributed by atoms with Crippen LogP contribution < -0.4 is 10.2 Å². The Bertz CT molecular complexity index is 908. The topological polar surface area (TPSA) is 46.5 Å². The van der Waals surface area contributed by atoms with E-state index in [1.54, 1.807) is 0 Å². The van der Waals surface area contributed by atoms with Crippen LogP contribution in [-0.4, -0.2) is 18.3 Å². The molecule has 3 rings (SSSR count). The summed E-state index contributed by atoms with van der Waals surface area (Å²) in [6, 6.07) is 13.4. The minimum Gasteiger partial charge on any atom is -0.495 e. The van der Waals surface area contributed by atoms with Gasteiger partial charge in [0.05, 0.1) is 24.6 Å². The first-order valence-electron chi connectivity index (χ1n) is 7.53. The number of thiazole rings is 1. The van der Waals surface area contributed by atoms with E-state index in [9.17, 15) is 13.2 Å². The molecular weight excluding hydrogens is 363 g/mol. The van der Waals surface area contributed by atoms with Gasteiger partial charge >= 0.3 is 6.18 Å². The van der Waals surface area contributed by atoms with Crippen molar-refractivity contribution in [3.8, 4) is 17.0 Å². The first kappa shape index (κ1) is 17.9. The van der Waals surface area contributed by atoms with Crippen LogP contribution in [-0.2, 0) is 6.18 Å². The number of alkyl halides is 3. The van der Waals surface area contributed by atoms with Crippen molar-refractivity contribution >= 4 is 22.7 Å². The number of hydrogen-bond acceptors (Lipinski definition) is 5. The van der Waals surface area contributed by atoms with Gasteiger partial charge in [0.2, 0.25) is 5.13 Å². The Morgan fingerprint density at radius 2 is 1.88 bits per heavy atom. The molecule has 0 spiro atoms. The van der Waals surface area contributed by atoms with E-state index in [2.05, 4.69) is 15.5 Å². The average Bonchev–Trinajstić information content (AvgIpc) is 3.10. The molecule has 0 bridgehead atoms. The molecule has 2 aromatic carbocycles. The molecule has 0 aliphatic heterocycles. The zero-order chi connectivity index (χ0) is 18.6. The van der Waals surface area contributed by atoms with E-state index in [0.717, 1.165) is 17.3 Å². The summed E-state index contributed by atoms with van der Waals surface area (Å²) in [7, 11) is 1.20. The SMILES string of the molecule is COc1c(C=NNc2nc(-c3ccccc3)cs2)cccc1C(F)(F)F. The van der Waals surface area contributed by atoms with Crippen LogP contribution in [0.3, 0.4) is 0 Å². The van der Waals surface area contributed by atoms with Gasteiger partial charge in [-0.1, -0.05) is 36.4 Å². The highest BCUT2D eigenvalue weighted by atomic mass is 32.1. The molecule has 0 saturated heterocycles. The van der Waals surface area contributed by atoms with E-state index in [1.807, 2.05) is 35.7 Å². The van der Waals surface area contributed by atoms with Crippen molar-refractivity contribution in [1.29, 1.82) is 0 Å². The van der Waals surface area contributed by atoms with Crippen molar-refractivity contribution in [3.05, 3.63) is 65.0 Å². The Balaban J connectivity index is 1.77. The second-order valence-electron chi connectivity index (χ2n) is 5.20. The van der Waals surface area contributed by atoms with Crippen LogP contribution in [0.1, 0.15) is 11.1 Å². The third-order valence-corrected chi connectivity index (χ3v) is 4.24. The van der Waals surface area contributed by atoms with E-state index in [4.69, 9.17) is 4.74 Å². The van der Waals surface area contributed by atoms with Crippen molar-refractivity contribution in [3.63, 3.8) is 0 Å². The molecule has 0 saturated carbocycles. The number of aromatic nitrogens is 1. The molecule has 0 aliphatic carbocycles. The van der Waals surface area contributed by atoms with Gasteiger partial charge in [0.1, 0.15) is 5.75 Å². The normalized spacial score (nSPS) is 11.7. The van der Waals surface area contributed by atoms with Crippen molar-refractivity contribution < 1.29 is 17.9 Å². The van der Waals surface area contributed by atoms with Gasteiger partial charge in [0, 0.05) is 16.5 Å². The maximum atomic E-state index is 13.0. The van der Waals surface area contributed by atoms with E-state index in [-0.39, 0.29) is 11.3 Å². The lowest BCUT2D eigenvalue weighted by atomic mass is 10.1. The molecule has 0 amide bonds. The molecule has 3 aromatic rings. The van der Waals surface area contributed by atoms with E-state index in [1.165, 1.54) is 36.8 Å². The average molecular weight is 377 g/mol. The third kappa shape index (κ3) is 4.02. The number of para-hydroxylation sites is 1. The van der Waals surface area contributed by atoms with Gasteiger partial charge in [-0.2, -0.15) is 18.3 Å². The van der Waals surface area contributed by atoms with Gasteiger partial charge in [-0.05, 0) is 12.1 Å². The van der Waals surface area contributed by atoms with Gasteiger partial charge < -0.3 is 4.74 Å². The summed E-state index contributed by atoms with van der Waals surface area (Å²) in [5.41, 5.74) is 3.88. The second kappa shape index (κ2) is 7.57. The number of hydrogen-bond donors (Lipinski definition) is 1. The van der Waals surface area contributed by atoms with Crippen molar-refractivity contribution in [1.82, 2.24) is 4.98 Å². The lowest BCUT2D eigenvalue weighted by Gasteiger charge is -2.13. The molecule has 26 heavy (non-hydrogen) atoms. The number of anilines is 1. The monoisotopic (exact) mass is 377 g/mol. The fourth-order valence-electron chi connectivity index (χ4n) is 2.33. The smallest absolute Gasteiger partial charge is 0.419 e. The Morgan fingerprint density at radius 3 is 2.58 bits per heavy atom. The summed E-state index contributed by atoms with van der Waals surface area (Å²) < 4.78 is 44.0. The van der Waals surface area contributed by atoms with Gasteiger partial charge in [-0.3, -0.25) is 5.43 Å². The minimum absolute atomic E-state index is 0.217. The fraction of sp³-hybridized carbons (Fsp3) is 0.111. The summed E-state index contributed by atoms with van der Waals surface area (Å²) in [6.07, 6.45) is -3.22. The Labute approximate surface area is 152 Å². The zero-order valence-electron chi connectivity index (χ0n) is 13.6. The molecule has 0 fully saturated rings. The third-order valence-electron chi connectivity index (χ3n) is 3.49. The highest BCUT2D eigenvalue weighted by Gasteiger charge is 2.34. The van der Waals surface area contributed by atoms with Crippen LogP contribution in [0.25, 0.3) is 11.3 Å². The predicted octanol–water partition coefficient (Wildman–Crippen LogP) is 5.28. The second-order valence-corrected chi connectivity index (χ2v) is 6.06. The number of nitrogens with one attached hydrogen (secondary N) is 1. The van der Waals surface area contributed by atoms with Crippen LogP contribution in [0.15, 0.2) is 59.0 Å². The van der Waals surface area contributed by atoms with Gasteiger partial charge in [0.25, 0.3) is 0 Å². The van der Waals surface area contributed by atoms with Gasteiger partial charge in [0.15, 0.2) is 0 Å². The molecule has 0 radical (unpaired) electrons. The molecule has 1 N–H and O–H groups in total. The van der Waals surface area contributed by atoms with Crippen molar-refractivity contribution in [2.75, 3.05) is 12.5 Å². The number of methoxy groups -OCH3 is 1. The number of ether oxygens (including phenoxy) is 1. The molecule has 134 valence electrons. The summed E-state index contributed by atoms with van der Waals surface area (Å²) in [4.78, 5) is 4.39. The predicted molar refractivity (Wildman–Crippen MR) is 96.8 cm³/mol. The highest BCUT2D eigenvalue weighted by Crippen LogP contribution is 2.37. The molecule has 1 heterocycles. The number of benzene rings is 2. The minimum atomic E-state index is -4.50. The number of rotatable bonds is 5. The first-order valence-corrected chi connectivity index (χ1v) is 8.41. The Morgan fingerprint density at radius 1 is 1.12 bits per heavy atom. The summed E-state index contributed by atoms with van der Waals surface area (Å²) in [5.74, 6) is -0.269. The van der Waals surface area contributed by atoms with E-state index >= 15 is 0 Å². The maximum absolute atomic E-state index is 13.0. The molecule has 4 nitrogen and oxygen atoms in total. The summed E-state index contributed by atoms with van der Waals surface area (Å²) in [5, 5.41) is 6.38. The Hall–Kier alpha value is -2.87.